The summed E-state index contributed by atoms with van der Waals surface area (Å²) >= 11 is 0. The summed E-state index contributed by atoms with van der Waals surface area (Å²) in [7, 11) is 0. The summed E-state index contributed by atoms with van der Waals surface area (Å²) in [5, 5.41) is 9.98. The highest BCUT2D eigenvalue weighted by atomic mass is 19.1. The Morgan fingerprint density at radius 3 is 2.90 bits per heavy atom. The van der Waals surface area contributed by atoms with Crippen LogP contribution in [0, 0.1) is 5.82 Å². The van der Waals surface area contributed by atoms with Gasteiger partial charge in [0.25, 0.3) is 5.91 Å². The van der Waals surface area contributed by atoms with Crippen molar-refractivity contribution >= 4 is 5.91 Å². The molecule has 20 heavy (non-hydrogen) atoms. The molecule has 1 aromatic rings. The summed E-state index contributed by atoms with van der Waals surface area (Å²) in [4.78, 5) is 13.7. The highest BCUT2D eigenvalue weighted by molar-refractivity contribution is 5.77. The summed E-state index contributed by atoms with van der Waals surface area (Å²) in [5.41, 5.74) is -0.707. The summed E-state index contributed by atoms with van der Waals surface area (Å²) in [5.74, 6) is -0.562. The van der Waals surface area contributed by atoms with E-state index in [1.54, 1.807) is 24.0 Å². The van der Waals surface area contributed by atoms with Crippen LogP contribution in [0.4, 0.5) is 4.39 Å². The van der Waals surface area contributed by atoms with Gasteiger partial charge in [0.1, 0.15) is 0 Å². The number of hydrogen-bond acceptors (Lipinski definition) is 3. The number of benzene rings is 1. The third-order valence-electron chi connectivity index (χ3n) is 3.60. The topological polar surface area (TPSA) is 49.8 Å². The van der Waals surface area contributed by atoms with E-state index in [1.807, 2.05) is 0 Å². The van der Waals surface area contributed by atoms with Crippen molar-refractivity contribution in [2.75, 3.05) is 19.7 Å². The first-order valence-corrected chi connectivity index (χ1v) is 6.85. The quantitative estimate of drug-likeness (QED) is 0.921. The Balaban J connectivity index is 1.87. The van der Waals surface area contributed by atoms with Crippen LogP contribution < -0.4 is 4.74 Å². The van der Waals surface area contributed by atoms with E-state index in [0.29, 0.717) is 25.9 Å². The molecular weight excluding hydrogens is 261 g/mol. The maximum Gasteiger partial charge on any atom is 0.260 e. The molecule has 2 rings (SSSR count). The van der Waals surface area contributed by atoms with Crippen LogP contribution in [-0.4, -0.2) is 41.2 Å². The molecule has 0 radical (unpaired) electrons. The molecule has 1 fully saturated rings. The van der Waals surface area contributed by atoms with Crippen LogP contribution in [-0.2, 0) is 4.79 Å². The molecule has 1 saturated heterocycles. The molecule has 1 aromatic carbocycles. The van der Waals surface area contributed by atoms with Crippen molar-refractivity contribution in [3.05, 3.63) is 30.1 Å². The van der Waals surface area contributed by atoms with E-state index in [2.05, 4.69) is 0 Å². The highest BCUT2D eigenvalue weighted by Gasteiger charge is 2.27. The molecule has 1 heterocycles. The minimum absolute atomic E-state index is 0.0858. The summed E-state index contributed by atoms with van der Waals surface area (Å²) in [6.07, 6.45) is 2.00. The van der Waals surface area contributed by atoms with Crippen LogP contribution in [0.25, 0.3) is 0 Å². The maximum absolute atomic E-state index is 13.4. The van der Waals surface area contributed by atoms with Gasteiger partial charge < -0.3 is 14.7 Å². The minimum Gasteiger partial charge on any atom is -0.481 e. The standard InChI is InChI=1S/C15H20FNO3/c1-15(19)7-4-9-17(10-8-15)14(18)11-20-13-6-3-2-5-12(13)16/h2-3,5-6,19H,4,7-11H2,1H3. The van der Waals surface area contributed by atoms with Gasteiger partial charge in [-0.2, -0.15) is 0 Å². The molecule has 1 N–H and O–H groups in total. The molecule has 0 aromatic heterocycles. The van der Waals surface area contributed by atoms with Crippen molar-refractivity contribution in [3.63, 3.8) is 0 Å². The van der Waals surface area contributed by atoms with E-state index in [0.717, 1.165) is 6.42 Å². The molecule has 0 aliphatic carbocycles. The molecule has 110 valence electrons. The Morgan fingerprint density at radius 1 is 1.40 bits per heavy atom. The average Bonchev–Trinajstić information content (AvgIpc) is 2.58. The van der Waals surface area contributed by atoms with E-state index in [9.17, 15) is 14.3 Å². The van der Waals surface area contributed by atoms with Gasteiger partial charge in [-0.3, -0.25) is 4.79 Å². The number of aliphatic hydroxyl groups is 1. The highest BCUT2D eigenvalue weighted by Crippen LogP contribution is 2.21. The molecule has 0 bridgehead atoms. The van der Waals surface area contributed by atoms with Gasteiger partial charge in [-0.1, -0.05) is 12.1 Å². The van der Waals surface area contributed by atoms with Crippen molar-refractivity contribution in [2.24, 2.45) is 0 Å². The molecule has 0 spiro atoms. The van der Waals surface area contributed by atoms with Crippen LogP contribution in [0.15, 0.2) is 24.3 Å². The second kappa shape index (κ2) is 6.22. The van der Waals surface area contributed by atoms with Crippen LogP contribution >= 0.6 is 0 Å². The Hall–Kier alpha value is -1.62. The first kappa shape index (κ1) is 14.8. The van der Waals surface area contributed by atoms with Gasteiger partial charge in [0, 0.05) is 13.1 Å². The smallest absolute Gasteiger partial charge is 0.260 e. The van der Waals surface area contributed by atoms with Gasteiger partial charge >= 0.3 is 0 Å². The molecule has 1 unspecified atom stereocenters. The van der Waals surface area contributed by atoms with Gasteiger partial charge in [-0.25, -0.2) is 4.39 Å². The van der Waals surface area contributed by atoms with E-state index >= 15 is 0 Å². The van der Waals surface area contributed by atoms with Crippen molar-refractivity contribution in [2.45, 2.75) is 31.8 Å². The molecule has 1 aliphatic heterocycles. The fourth-order valence-corrected chi connectivity index (χ4v) is 2.31. The normalized spacial score (nSPS) is 23.2. The van der Waals surface area contributed by atoms with Crippen molar-refractivity contribution in [1.29, 1.82) is 0 Å². The number of ether oxygens (including phenoxy) is 1. The lowest BCUT2D eigenvalue weighted by Gasteiger charge is -2.22. The Bertz CT molecular complexity index is 476. The number of carbonyl (C=O) groups is 1. The summed E-state index contributed by atoms with van der Waals surface area (Å²) < 4.78 is 18.6. The van der Waals surface area contributed by atoms with Gasteiger partial charge in [-0.15, -0.1) is 0 Å². The lowest BCUT2D eigenvalue weighted by Crippen LogP contribution is -2.36. The summed E-state index contributed by atoms with van der Waals surface area (Å²) in [6, 6.07) is 6.02. The summed E-state index contributed by atoms with van der Waals surface area (Å²) in [6.45, 7) is 2.72. The zero-order valence-corrected chi connectivity index (χ0v) is 11.6. The first-order chi connectivity index (χ1) is 9.48. The third kappa shape index (κ3) is 3.93. The number of amides is 1. The van der Waals surface area contributed by atoms with Crippen LogP contribution in [0.3, 0.4) is 0 Å². The van der Waals surface area contributed by atoms with E-state index in [1.165, 1.54) is 12.1 Å². The Labute approximate surface area is 118 Å². The molecular formula is C15H20FNO3. The Kier molecular flexibility index (Phi) is 4.60. The number of hydrogen-bond donors (Lipinski definition) is 1. The van der Waals surface area contributed by atoms with Crippen LogP contribution in [0.2, 0.25) is 0 Å². The minimum atomic E-state index is -0.707. The molecule has 5 heteroatoms. The molecule has 1 amide bonds. The Morgan fingerprint density at radius 2 is 2.15 bits per heavy atom. The number of para-hydroxylation sites is 1. The third-order valence-corrected chi connectivity index (χ3v) is 3.60. The monoisotopic (exact) mass is 281 g/mol. The van der Waals surface area contributed by atoms with Crippen LogP contribution in [0.1, 0.15) is 26.2 Å². The number of rotatable bonds is 3. The van der Waals surface area contributed by atoms with E-state index in [-0.39, 0.29) is 18.3 Å². The fourth-order valence-electron chi connectivity index (χ4n) is 2.31. The lowest BCUT2D eigenvalue weighted by molar-refractivity contribution is -0.133. The van der Waals surface area contributed by atoms with Crippen molar-refractivity contribution < 1.29 is 19.0 Å². The largest absolute Gasteiger partial charge is 0.481 e. The van der Waals surface area contributed by atoms with E-state index < -0.39 is 11.4 Å². The van der Waals surface area contributed by atoms with Crippen molar-refractivity contribution in [3.8, 4) is 5.75 Å². The SMILES string of the molecule is CC1(O)CCCN(C(=O)COc2ccccc2F)CC1. The van der Waals surface area contributed by atoms with E-state index in [4.69, 9.17) is 4.74 Å². The van der Waals surface area contributed by atoms with Gasteiger partial charge in [0.05, 0.1) is 5.60 Å². The zero-order chi connectivity index (χ0) is 14.6. The second-order valence-electron chi connectivity index (χ2n) is 5.45. The van der Waals surface area contributed by atoms with Gasteiger partial charge in [0.15, 0.2) is 18.2 Å². The van der Waals surface area contributed by atoms with Gasteiger partial charge in [-0.05, 0) is 38.3 Å². The van der Waals surface area contributed by atoms with Gasteiger partial charge in [0.2, 0.25) is 0 Å². The number of nitrogens with zero attached hydrogens (tertiary/aromatic N) is 1. The number of carbonyl (C=O) groups excluding carboxylic acids is 1. The van der Waals surface area contributed by atoms with Crippen LogP contribution in [0.5, 0.6) is 5.75 Å². The predicted molar refractivity (Wildman–Crippen MR) is 72.9 cm³/mol. The van der Waals surface area contributed by atoms with Crippen molar-refractivity contribution in [1.82, 2.24) is 4.90 Å². The molecule has 4 nitrogen and oxygen atoms in total. The fraction of sp³-hybridized carbons (Fsp3) is 0.533. The predicted octanol–water partition coefficient (Wildman–Crippen LogP) is 1.97. The maximum atomic E-state index is 13.4. The average molecular weight is 281 g/mol. The second-order valence-corrected chi connectivity index (χ2v) is 5.45. The molecule has 1 atom stereocenters. The zero-order valence-electron chi connectivity index (χ0n) is 11.6. The number of halogens is 1. The molecule has 0 saturated carbocycles. The lowest BCUT2D eigenvalue weighted by atomic mass is 9.98. The number of likely N-dealkylation sites (tertiary alicyclic amines) is 1. The molecule has 1 aliphatic rings. The first-order valence-electron chi connectivity index (χ1n) is 6.85.